The topological polar surface area (TPSA) is 51.4 Å². The molecule has 1 aliphatic heterocycles. The average Bonchev–Trinajstić information content (AvgIpc) is 2.82. The first kappa shape index (κ1) is 12.8. The van der Waals surface area contributed by atoms with Gasteiger partial charge in [-0.2, -0.15) is 0 Å². The Labute approximate surface area is 107 Å². The summed E-state index contributed by atoms with van der Waals surface area (Å²) in [4.78, 5) is 8.29. The maximum absolute atomic E-state index is 5.74. The monoisotopic (exact) mass is 255 g/mol. The molecule has 4 nitrogen and oxygen atoms in total. The van der Waals surface area contributed by atoms with E-state index in [-0.39, 0.29) is 0 Å². The molecule has 0 atom stereocenters. The molecule has 2 rings (SSSR count). The van der Waals surface area contributed by atoms with Gasteiger partial charge in [-0.25, -0.2) is 4.98 Å². The van der Waals surface area contributed by atoms with E-state index in [4.69, 9.17) is 15.5 Å². The van der Waals surface area contributed by atoms with Gasteiger partial charge in [0.15, 0.2) is 5.13 Å². The molecule has 96 valence electrons. The van der Waals surface area contributed by atoms with Crippen LogP contribution in [-0.2, 0) is 17.7 Å². The molecule has 2 heterocycles. The van der Waals surface area contributed by atoms with Crippen LogP contribution in [0.25, 0.3) is 0 Å². The number of thiazole rings is 1. The van der Waals surface area contributed by atoms with Crippen molar-refractivity contribution in [2.45, 2.75) is 38.8 Å². The molecule has 1 aromatic rings. The second-order valence-electron chi connectivity index (χ2n) is 4.35. The lowest BCUT2D eigenvalue weighted by Gasteiger charge is -2.30. The van der Waals surface area contributed by atoms with Gasteiger partial charge in [0.2, 0.25) is 0 Å². The smallest absolute Gasteiger partial charge is 0.185 e. The first-order valence-electron chi connectivity index (χ1n) is 6.24. The summed E-state index contributed by atoms with van der Waals surface area (Å²) in [6.45, 7) is 4.82. The zero-order valence-corrected chi connectivity index (χ0v) is 11.4. The summed E-state index contributed by atoms with van der Waals surface area (Å²) in [5.74, 6) is 0. The summed E-state index contributed by atoms with van der Waals surface area (Å²) in [6.07, 6.45) is 3.58. The summed E-state index contributed by atoms with van der Waals surface area (Å²) in [6, 6.07) is 0. The van der Waals surface area contributed by atoms with Crippen LogP contribution in [0.4, 0.5) is 5.13 Å². The highest BCUT2D eigenvalue weighted by atomic mass is 32.1. The third-order valence-electron chi connectivity index (χ3n) is 3.33. The number of piperidine rings is 1. The first-order chi connectivity index (χ1) is 8.28. The van der Waals surface area contributed by atoms with Gasteiger partial charge in [-0.3, -0.25) is 0 Å². The number of nitrogens with zero attached hydrogens (tertiary/aromatic N) is 2. The summed E-state index contributed by atoms with van der Waals surface area (Å²) in [5.41, 5.74) is 6.91. The summed E-state index contributed by atoms with van der Waals surface area (Å²) < 4.78 is 5.38. The number of methoxy groups -OCH3 is 1. The number of anilines is 1. The van der Waals surface area contributed by atoms with Crippen molar-refractivity contribution in [1.82, 2.24) is 4.98 Å². The summed E-state index contributed by atoms with van der Waals surface area (Å²) in [7, 11) is 1.80. The zero-order valence-electron chi connectivity index (χ0n) is 10.6. The lowest BCUT2D eigenvalue weighted by atomic mass is 10.1. The highest BCUT2D eigenvalue weighted by molar-refractivity contribution is 7.15. The van der Waals surface area contributed by atoms with Crippen molar-refractivity contribution in [3.63, 3.8) is 0 Å². The highest BCUT2D eigenvalue weighted by Gasteiger charge is 2.21. The molecule has 17 heavy (non-hydrogen) atoms. The molecule has 5 heteroatoms. The van der Waals surface area contributed by atoms with Gasteiger partial charge in [-0.15, -0.1) is 11.3 Å². The molecule has 2 N–H and O–H groups in total. The van der Waals surface area contributed by atoms with Crippen LogP contribution >= 0.6 is 11.3 Å². The largest absolute Gasteiger partial charge is 0.381 e. The van der Waals surface area contributed by atoms with Crippen LogP contribution in [0.5, 0.6) is 0 Å². The number of aromatic nitrogens is 1. The molecular weight excluding hydrogens is 234 g/mol. The van der Waals surface area contributed by atoms with Gasteiger partial charge in [-0.1, -0.05) is 6.92 Å². The molecule has 1 aliphatic rings. The third kappa shape index (κ3) is 2.78. The fourth-order valence-electron chi connectivity index (χ4n) is 2.22. The van der Waals surface area contributed by atoms with E-state index in [2.05, 4.69) is 11.8 Å². The van der Waals surface area contributed by atoms with Crippen LogP contribution in [0, 0.1) is 0 Å². The Morgan fingerprint density at radius 2 is 2.18 bits per heavy atom. The molecule has 0 unspecified atom stereocenters. The average molecular weight is 255 g/mol. The fraction of sp³-hybridized carbons (Fsp3) is 0.750. The van der Waals surface area contributed by atoms with E-state index in [0.29, 0.717) is 12.6 Å². The fourth-order valence-corrected chi connectivity index (χ4v) is 3.30. The predicted molar refractivity (Wildman–Crippen MR) is 71.6 cm³/mol. The van der Waals surface area contributed by atoms with Crippen molar-refractivity contribution in [3.05, 3.63) is 10.6 Å². The molecule has 0 amide bonds. The van der Waals surface area contributed by atoms with Crippen LogP contribution in [0.1, 0.15) is 30.3 Å². The minimum Gasteiger partial charge on any atom is -0.381 e. The Kier molecular flexibility index (Phi) is 4.36. The molecular formula is C12H21N3OS. The molecule has 0 aromatic carbocycles. The minimum absolute atomic E-state index is 0.422. The second kappa shape index (κ2) is 5.80. The van der Waals surface area contributed by atoms with Crippen LogP contribution in [0.15, 0.2) is 0 Å². The molecule has 0 spiro atoms. The summed E-state index contributed by atoms with van der Waals surface area (Å²) >= 11 is 1.75. The van der Waals surface area contributed by atoms with Crippen molar-refractivity contribution in [1.29, 1.82) is 0 Å². The Morgan fingerprint density at radius 3 is 2.65 bits per heavy atom. The molecule has 0 aliphatic carbocycles. The Bertz CT molecular complexity index is 337. The molecule has 0 radical (unpaired) electrons. The number of ether oxygens (including phenoxy) is 1. The van der Waals surface area contributed by atoms with E-state index in [1.165, 1.54) is 10.6 Å². The molecule has 0 bridgehead atoms. The zero-order chi connectivity index (χ0) is 12.3. The predicted octanol–water partition coefficient (Wildman–Crippen LogP) is 1.78. The lowest BCUT2D eigenvalue weighted by molar-refractivity contribution is 0.0819. The van der Waals surface area contributed by atoms with E-state index in [1.54, 1.807) is 18.4 Å². The van der Waals surface area contributed by atoms with E-state index < -0.39 is 0 Å². The standard InChI is InChI=1S/C12H21N3OS/c1-3-10-11(8-13)17-12(14-10)15-6-4-9(16-2)5-7-15/h9H,3-8,13H2,1-2H3. The van der Waals surface area contributed by atoms with E-state index in [0.717, 1.165) is 37.5 Å². The first-order valence-corrected chi connectivity index (χ1v) is 7.06. The number of hydrogen-bond donors (Lipinski definition) is 1. The number of nitrogens with two attached hydrogens (primary N) is 1. The lowest BCUT2D eigenvalue weighted by Crippen LogP contribution is -2.36. The Balaban J connectivity index is 2.05. The van der Waals surface area contributed by atoms with Gasteiger partial charge in [0.1, 0.15) is 0 Å². The van der Waals surface area contributed by atoms with Crippen LogP contribution < -0.4 is 10.6 Å². The van der Waals surface area contributed by atoms with Gasteiger partial charge < -0.3 is 15.4 Å². The van der Waals surface area contributed by atoms with Gasteiger partial charge in [0, 0.05) is 31.6 Å². The SMILES string of the molecule is CCc1nc(N2CCC(OC)CC2)sc1CN. The minimum atomic E-state index is 0.422. The maximum atomic E-state index is 5.74. The Hall–Kier alpha value is -0.650. The van der Waals surface area contributed by atoms with Gasteiger partial charge in [0.25, 0.3) is 0 Å². The molecule has 1 fully saturated rings. The quantitative estimate of drug-likeness (QED) is 0.891. The van der Waals surface area contributed by atoms with Gasteiger partial charge in [-0.05, 0) is 19.3 Å². The van der Waals surface area contributed by atoms with Crippen molar-refractivity contribution in [2.24, 2.45) is 5.73 Å². The molecule has 1 saturated heterocycles. The number of rotatable bonds is 4. The van der Waals surface area contributed by atoms with Crippen molar-refractivity contribution < 1.29 is 4.74 Å². The van der Waals surface area contributed by atoms with Crippen molar-refractivity contribution >= 4 is 16.5 Å². The second-order valence-corrected chi connectivity index (χ2v) is 5.41. The van der Waals surface area contributed by atoms with Crippen LogP contribution in [-0.4, -0.2) is 31.3 Å². The normalized spacial score (nSPS) is 17.7. The van der Waals surface area contributed by atoms with E-state index >= 15 is 0 Å². The Morgan fingerprint density at radius 1 is 1.47 bits per heavy atom. The van der Waals surface area contributed by atoms with Gasteiger partial charge in [0.05, 0.1) is 11.8 Å². The van der Waals surface area contributed by atoms with Crippen molar-refractivity contribution in [3.8, 4) is 0 Å². The number of aryl methyl sites for hydroxylation is 1. The summed E-state index contributed by atoms with van der Waals surface area (Å²) in [5, 5.41) is 1.14. The highest BCUT2D eigenvalue weighted by Crippen LogP contribution is 2.29. The molecule has 1 aromatic heterocycles. The molecule has 0 saturated carbocycles. The third-order valence-corrected chi connectivity index (χ3v) is 4.51. The maximum Gasteiger partial charge on any atom is 0.185 e. The van der Waals surface area contributed by atoms with Crippen molar-refractivity contribution in [2.75, 3.05) is 25.1 Å². The van der Waals surface area contributed by atoms with E-state index in [9.17, 15) is 0 Å². The van der Waals surface area contributed by atoms with Crippen LogP contribution in [0.2, 0.25) is 0 Å². The number of hydrogen-bond acceptors (Lipinski definition) is 5. The van der Waals surface area contributed by atoms with E-state index in [1.807, 2.05) is 0 Å². The van der Waals surface area contributed by atoms with Gasteiger partial charge >= 0.3 is 0 Å². The van der Waals surface area contributed by atoms with Crippen LogP contribution in [0.3, 0.4) is 0 Å².